The molecule has 4 nitrogen and oxygen atoms in total. The van der Waals surface area contributed by atoms with Crippen molar-refractivity contribution in [3.05, 3.63) is 124 Å². The molecule has 4 heteroatoms. The highest BCUT2D eigenvalue weighted by atomic mass is 16.3. The quantitative estimate of drug-likeness (QED) is 0.158. The fraction of sp³-hybridized carbons (Fsp3) is 0.475. The van der Waals surface area contributed by atoms with Gasteiger partial charge in [-0.05, 0) is 88.0 Å². The van der Waals surface area contributed by atoms with Crippen molar-refractivity contribution in [1.29, 1.82) is 0 Å². The smallest absolute Gasteiger partial charge is 0.101 e. The molecule has 1 fully saturated rings. The first-order valence-corrected chi connectivity index (χ1v) is 15.7. The summed E-state index contributed by atoms with van der Waals surface area (Å²) >= 11 is 0. The Morgan fingerprint density at radius 1 is 0.682 bits per heavy atom. The fourth-order valence-electron chi connectivity index (χ4n) is 6.22. The van der Waals surface area contributed by atoms with Crippen LogP contribution in [0.2, 0.25) is 0 Å². The monoisotopic (exact) mass is 600 g/mol. The fourth-order valence-corrected chi connectivity index (χ4v) is 6.22. The van der Waals surface area contributed by atoms with Crippen LogP contribution in [-0.2, 0) is 0 Å². The van der Waals surface area contributed by atoms with Gasteiger partial charge in [0.1, 0.15) is 6.10 Å². The molecule has 2 aliphatic carbocycles. The third-order valence-corrected chi connectivity index (χ3v) is 8.50. The highest BCUT2D eigenvalue weighted by Crippen LogP contribution is 2.45. The minimum absolute atomic E-state index is 0.183. The van der Waals surface area contributed by atoms with E-state index in [0.29, 0.717) is 19.3 Å². The summed E-state index contributed by atoms with van der Waals surface area (Å²) in [6, 6.07) is 0. The van der Waals surface area contributed by atoms with E-state index < -0.39 is 23.9 Å². The molecule has 0 aliphatic heterocycles. The lowest BCUT2D eigenvalue weighted by Crippen LogP contribution is -2.45. The molecular formula is C40H56O4. The van der Waals surface area contributed by atoms with Gasteiger partial charge in [-0.25, -0.2) is 0 Å². The zero-order valence-corrected chi connectivity index (χ0v) is 28.6. The van der Waals surface area contributed by atoms with E-state index >= 15 is 0 Å². The van der Waals surface area contributed by atoms with E-state index in [1.807, 2.05) is 64.2 Å². The van der Waals surface area contributed by atoms with Crippen molar-refractivity contribution in [2.45, 2.75) is 112 Å². The predicted molar refractivity (Wildman–Crippen MR) is 186 cm³/mol. The van der Waals surface area contributed by atoms with E-state index in [-0.39, 0.29) is 10.8 Å². The Labute approximate surface area is 267 Å². The van der Waals surface area contributed by atoms with Gasteiger partial charge in [0.25, 0.3) is 0 Å². The second-order valence-corrected chi connectivity index (χ2v) is 14.2. The minimum atomic E-state index is -1.06. The predicted octanol–water partition coefficient (Wildman–Crippen LogP) is 8.48. The summed E-state index contributed by atoms with van der Waals surface area (Å²) < 4.78 is 0. The number of aliphatic hydroxyl groups excluding tert-OH is 3. The Hall–Kier alpha value is -2.98. The molecule has 0 radical (unpaired) electrons. The summed E-state index contributed by atoms with van der Waals surface area (Å²) in [5.41, 5.74) is 8.93. The second kappa shape index (κ2) is 15.8. The van der Waals surface area contributed by atoms with E-state index in [1.165, 1.54) is 0 Å². The molecule has 4 N–H and O–H groups in total. The first-order chi connectivity index (χ1) is 20.4. The first kappa shape index (κ1) is 37.2. The van der Waals surface area contributed by atoms with Crippen molar-refractivity contribution < 1.29 is 20.4 Å². The van der Waals surface area contributed by atoms with Crippen LogP contribution in [0.25, 0.3) is 0 Å². The molecule has 0 spiro atoms. The minimum Gasteiger partial charge on any atom is -0.393 e. The summed E-state index contributed by atoms with van der Waals surface area (Å²) in [5, 5.41) is 41.4. The van der Waals surface area contributed by atoms with E-state index in [0.717, 1.165) is 39.0 Å². The summed E-state index contributed by atoms with van der Waals surface area (Å²) in [7, 11) is 0. The number of aliphatic hydroxyl groups is 4. The molecule has 0 amide bonds. The normalized spacial score (nSPS) is 29.0. The summed E-state index contributed by atoms with van der Waals surface area (Å²) in [4.78, 5) is 0. The van der Waals surface area contributed by atoms with Gasteiger partial charge in [0.05, 0.1) is 17.8 Å². The number of hydrogen-bond acceptors (Lipinski definition) is 4. The van der Waals surface area contributed by atoms with Gasteiger partial charge < -0.3 is 20.4 Å². The number of hydrogen-bond donors (Lipinski definition) is 4. The molecule has 4 unspecified atom stereocenters. The Bertz CT molecular complexity index is 1350. The highest BCUT2D eigenvalue weighted by Gasteiger charge is 2.44. The Morgan fingerprint density at radius 2 is 1.18 bits per heavy atom. The van der Waals surface area contributed by atoms with Gasteiger partial charge in [-0.15, -0.1) is 5.73 Å². The van der Waals surface area contributed by atoms with Gasteiger partial charge in [-0.2, -0.15) is 0 Å². The van der Waals surface area contributed by atoms with Crippen LogP contribution in [-0.4, -0.2) is 44.3 Å². The van der Waals surface area contributed by atoms with Crippen molar-refractivity contribution >= 4 is 0 Å². The standard InChI is InChI=1S/C40H56O4/c1-28(17-13-19-30(3)21-23-34-32(5)37(43)35(42)27-38(34,6)7)15-11-12-16-29(2)18-14-20-31(4)22-24-36-39(8,9)25-33(41)26-40(36,10)44/h11-23,33,35,37,41-44H,25-27H2,1-10H3. The molecule has 4 atom stereocenters. The molecule has 2 rings (SSSR count). The van der Waals surface area contributed by atoms with Crippen LogP contribution in [0.5, 0.6) is 0 Å². The number of rotatable bonds is 9. The zero-order chi connectivity index (χ0) is 33.3. The molecule has 0 aromatic heterocycles. The van der Waals surface area contributed by atoms with Gasteiger partial charge in [-0.1, -0.05) is 117 Å². The third kappa shape index (κ3) is 11.2. The Morgan fingerprint density at radius 3 is 1.73 bits per heavy atom. The van der Waals surface area contributed by atoms with Gasteiger partial charge >= 0.3 is 0 Å². The zero-order valence-electron chi connectivity index (χ0n) is 28.6. The summed E-state index contributed by atoms with van der Waals surface area (Å²) in [5.74, 6) is 0. The van der Waals surface area contributed by atoms with Crippen molar-refractivity contribution in [1.82, 2.24) is 0 Å². The molecular weight excluding hydrogens is 544 g/mol. The lowest BCUT2D eigenvalue weighted by molar-refractivity contribution is -0.0268. The molecule has 0 aromatic carbocycles. The maximum absolute atomic E-state index is 10.8. The average Bonchev–Trinajstić information content (AvgIpc) is 2.87. The maximum atomic E-state index is 10.8. The van der Waals surface area contributed by atoms with E-state index in [1.54, 1.807) is 6.92 Å². The Kier molecular flexibility index (Phi) is 13.4. The first-order valence-electron chi connectivity index (χ1n) is 15.7. The summed E-state index contributed by atoms with van der Waals surface area (Å²) in [6.45, 7) is 20.1. The van der Waals surface area contributed by atoms with Crippen LogP contribution >= 0.6 is 0 Å². The molecule has 0 saturated heterocycles. The van der Waals surface area contributed by atoms with Crippen LogP contribution in [0.1, 0.15) is 88.5 Å². The van der Waals surface area contributed by atoms with Crippen molar-refractivity contribution in [2.24, 2.45) is 10.8 Å². The van der Waals surface area contributed by atoms with E-state index in [4.69, 9.17) is 0 Å². The van der Waals surface area contributed by atoms with Crippen LogP contribution in [0, 0.1) is 10.8 Å². The summed E-state index contributed by atoms with van der Waals surface area (Å²) in [6.07, 6.45) is 26.0. The molecule has 2 aliphatic rings. The van der Waals surface area contributed by atoms with E-state index in [9.17, 15) is 20.4 Å². The SMILES string of the molecule is CC(C=C=C1C(C)(C)CC(O)CC1(C)O)=CC=CC(C)=CC=CC=C(C)C=CC=C(C)C=CC1=C(C)C(O)C(O)CC1(C)C. The van der Waals surface area contributed by atoms with Crippen LogP contribution in [0.15, 0.2) is 124 Å². The van der Waals surface area contributed by atoms with Crippen LogP contribution < -0.4 is 0 Å². The third-order valence-electron chi connectivity index (χ3n) is 8.50. The van der Waals surface area contributed by atoms with Gasteiger partial charge in [0, 0.05) is 12.0 Å². The van der Waals surface area contributed by atoms with Crippen LogP contribution in [0.3, 0.4) is 0 Å². The van der Waals surface area contributed by atoms with E-state index in [2.05, 4.69) is 82.9 Å². The van der Waals surface area contributed by atoms with Gasteiger partial charge in [0.2, 0.25) is 0 Å². The lowest BCUT2D eigenvalue weighted by atomic mass is 9.65. The molecule has 1 saturated carbocycles. The van der Waals surface area contributed by atoms with Crippen molar-refractivity contribution in [2.75, 3.05) is 0 Å². The number of allylic oxidation sites excluding steroid dienone is 17. The lowest BCUT2D eigenvalue weighted by Gasteiger charge is -2.43. The molecule has 44 heavy (non-hydrogen) atoms. The molecule has 0 aromatic rings. The Balaban J connectivity index is 1.97. The second-order valence-electron chi connectivity index (χ2n) is 14.2. The van der Waals surface area contributed by atoms with Gasteiger partial charge in [-0.3, -0.25) is 0 Å². The van der Waals surface area contributed by atoms with Crippen molar-refractivity contribution in [3.8, 4) is 0 Å². The molecule has 240 valence electrons. The average molecular weight is 601 g/mol. The van der Waals surface area contributed by atoms with Crippen LogP contribution in [0.4, 0.5) is 0 Å². The largest absolute Gasteiger partial charge is 0.393 e. The molecule has 0 bridgehead atoms. The maximum Gasteiger partial charge on any atom is 0.101 e. The highest BCUT2D eigenvalue weighted by molar-refractivity contribution is 5.39. The topological polar surface area (TPSA) is 80.9 Å². The molecule has 0 heterocycles. The van der Waals surface area contributed by atoms with Gasteiger partial charge in [0.15, 0.2) is 0 Å². The van der Waals surface area contributed by atoms with Crippen molar-refractivity contribution in [3.63, 3.8) is 0 Å².